The first kappa shape index (κ1) is 13.3. The lowest BCUT2D eigenvalue weighted by Gasteiger charge is -2.03. The minimum atomic E-state index is -3.49. The van der Waals surface area contributed by atoms with E-state index in [0.717, 1.165) is 18.5 Å². The summed E-state index contributed by atoms with van der Waals surface area (Å²) in [6.45, 7) is 0. The van der Waals surface area contributed by atoms with E-state index in [1.165, 1.54) is 11.3 Å². The Morgan fingerprint density at radius 3 is 2.89 bits per heavy atom. The van der Waals surface area contributed by atoms with Crippen LogP contribution in [0.5, 0.6) is 0 Å². The maximum Gasteiger partial charge on any atom is 0.303 e. The van der Waals surface area contributed by atoms with Gasteiger partial charge in [-0.15, -0.1) is 11.3 Å². The lowest BCUT2D eigenvalue weighted by Crippen LogP contribution is -2.17. The highest BCUT2D eigenvalue weighted by Crippen LogP contribution is 2.40. The maximum absolute atomic E-state index is 11.6. The third kappa shape index (κ3) is 3.95. The molecule has 100 valence electrons. The van der Waals surface area contributed by atoms with Gasteiger partial charge in [0, 0.05) is 17.7 Å². The molecular weight excluding hydrogens is 276 g/mol. The molecule has 1 fully saturated rings. The predicted octanol–water partition coefficient (Wildman–Crippen LogP) is 1.63. The number of nitrogens with one attached hydrogen (secondary N) is 1. The Morgan fingerprint density at radius 1 is 1.56 bits per heavy atom. The first-order chi connectivity index (χ1) is 8.46. The van der Waals surface area contributed by atoms with Crippen molar-refractivity contribution in [3.05, 3.63) is 11.1 Å². The van der Waals surface area contributed by atoms with Crippen LogP contribution in [0.4, 0.5) is 5.13 Å². The first-order valence-electron chi connectivity index (χ1n) is 5.64. The Hall–Kier alpha value is -1.15. The van der Waals surface area contributed by atoms with Crippen LogP contribution in [0.15, 0.2) is 5.38 Å². The molecule has 1 aliphatic rings. The summed E-state index contributed by atoms with van der Waals surface area (Å²) in [6.07, 6.45) is 2.20. The molecule has 0 spiro atoms. The molecule has 1 saturated carbocycles. The number of carboxylic acid groups (broad SMARTS) is 1. The van der Waals surface area contributed by atoms with Gasteiger partial charge in [-0.05, 0) is 19.3 Å². The van der Waals surface area contributed by atoms with Crippen LogP contribution in [0, 0.1) is 0 Å². The topological polar surface area (TPSA) is 96.4 Å². The van der Waals surface area contributed by atoms with E-state index < -0.39 is 16.0 Å². The van der Waals surface area contributed by atoms with Gasteiger partial charge in [0.05, 0.1) is 11.4 Å². The number of aromatic nitrogens is 1. The highest BCUT2D eigenvalue weighted by atomic mass is 32.2. The molecule has 0 aliphatic heterocycles. The largest absolute Gasteiger partial charge is 0.481 e. The van der Waals surface area contributed by atoms with E-state index in [1.807, 2.05) is 5.38 Å². The Morgan fingerprint density at radius 2 is 2.28 bits per heavy atom. The van der Waals surface area contributed by atoms with Crippen LogP contribution in [0.2, 0.25) is 0 Å². The number of thiazole rings is 1. The summed E-state index contributed by atoms with van der Waals surface area (Å²) in [7, 11) is -3.49. The second-order valence-corrected chi connectivity index (χ2v) is 6.97. The molecule has 6 nitrogen and oxygen atoms in total. The summed E-state index contributed by atoms with van der Waals surface area (Å²) in [5.41, 5.74) is 0.947. The SMILES string of the molecule is O=C(O)CCCS(=O)(=O)Nc1nc(C2CC2)cs1. The van der Waals surface area contributed by atoms with Crippen LogP contribution in [0.1, 0.15) is 37.3 Å². The maximum atomic E-state index is 11.6. The summed E-state index contributed by atoms with van der Waals surface area (Å²) in [4.78, 5) is 14.5. The fraction of sp³-hybridized carbons (Fsp3) is 0.600. The average Bonchev–Trinajstić information content (AvgIpc) is 2.99. The second-order valence-electron chi connectivity index (χ2n) is 4.27. The molecule has 1 heterocycles. The highest BCUT2D eigenvalue weighted by molar-refractivity contribution is 7.92. The van der Waals surface area contributed by atoms with Gasteiger partial charge in [-0.25, -0.2) is 13.4 Å². The number of rotatable bonds is 7. The van der Waals surface area contributed by atoms with Crippen molar-refractivity contribution in [3.8, 4) is 0 Å². The minimum Gasteiger partial charge on any atom is -0.481 e. The van der Waals surface area contributed by atoms with Crippen molar-refractivity contribution in [2.45, 2.75) is 31.6 Å². The van der Waals surface area contributed by atoms with Crippen molar-refractivity contribution in [2.75, 3.05) is 10.5 Å². The number of carboxylic acids is 1. The molecule has 0 saturated heterocycles. The van der Waals surface area contributed by atoms with Gasteiger partial charge < -0.3 is 5.11 Å². The van der Waals surface area contributed by atoms with Crippen molar-refractivity contribution < 1.29 is 18.3 Å². The van der Waals surface area contributed by atoms with E-state index in [4.69, 9.17) is 5.11 Å². The summed E-state index contributed by atoms with van der Waals surface area (Å²) in [5.74, 6) is -0.695. The first-order valence-corrected chi connectivity index (χ1v) is 8.17. The third-order valence-electron chi connectivity index (χ3n) is 2.56. The van der Waals surface area contributed by atoms with Gasteiger partial charge in [-0.2, -0.15) is 0 Å². The molecule has 1 aromatic rings. The molecule has 8 heteroatoms. The molecule has 0 unspecified atom stereocenters. The minimum absolute atomic E-state index is 0.103. The molecule has 1 aromatic heterocycles. The van der Waals surface area contributed by atoms with Gasteiger partial charge >= 0.3 is 5.97 Å². The Balaban J connectivity index is 1.87. The lowest BCUT2D eigenvalue weighted by molar-refractivity contribution is -0.137. The Labute approximate surface area is 109 Å². The molecule has 18 heavy (non-hydrogen) atoms. The molecule has 2 rings (SSSR count). The van der Waals surface area contributed by atoms with Crippen molar-refractivity contribution in [1.29, 1.82) is 0 Å². The Bertz CT molecular complexity index is 534. The van der Waals surface area contributed by atoms with Crippen LogP contribution in [-0.2, 0) is 14.8 Å². The molecule has 0 bridgehead atoms. The number of hydrogen-bond acceptors (Lipinski definition) is 5. The van der Waals surface area contributed by atoms with Gasteiger partial charge in [-0.3, -0.25) is 9.52 Å². The van der Waals surface area contributed by atoms with E-state index in [1.54, 1.807) is 0 Å². The number of hydrogen-bond donors (Lipinski definition) is 2. The quantitative estimate of drug-likeness (QED) is 0.795. The summed E-state index contributed by atoms with van der Waals surface area (Å²) >= 11 is 1.27. The van der Waals surface area contributed by atoms with Gasteiger partial charge in [0.15, 0.2) is 5.13 Å². The molecule has 1 aliphatic carbocycles. The Kier molecular flexibility index (Phi) is 3.86. The van der Waals surface area contributed by atoms with Crippen molar-refractivity contribution >= 4 is 32.5 Å². The fourth-order valence-electron chi connectivity index (χ4n) is 1.50. The van der Waals surface area contributed by atoms with Crippen LogP contribution < -0.4 is 4.72 Å². The summed E-state index contributed by atoms with van der Waals surface area (Å²) in [6, 6.07) is 0. The summed E-state index contributed by atoms with van der Waals surface area (Å²) < 4.78 is 25.7. The van der Waals surface area contributed by atoms with Gasteiger partial charge in [-0.1, -0.05) is 0 Å². The van der Waals surface area contributed by atoms with E-state index in [9.17, 15) is 13.2 Å². The van der Waals surface area contributed by atoms with E-state index in [-0.39, 0.29) is 18.6 Å². The second kappa shape index (κ2) is 5.23. The van der Waals surface area contributed by atoms with E-state index in [0.29, 0.717) is 11.0 Å². The molecule has 2 N–H and O–H groups in total. The van der Waals surface area contributed by atoms with E-state index >= 15 is 0 Å². The standard InChI is InChI=1S/C10H14N2O4S2/c13-9(14)2-1-5-18(15,16)12-10-11-8(6-17-10)7-3-4-7/h6-7H,1-5H2,(H,11,12)(H,13,14). The average molecular weight is 290 g/mol. The van der Waals surface area contributed by atoms with Crippen molar-refractivity contribution in [2.24, 2.45) is 0 Å². The number of aliphatic carboxylic acids is 1. The summed E-state index contributed by atoms with van der Waals surface area (Å²) in [5, 5.41) is 10.7. The predicted molar refractivity (Wildman–Crippen MR) is 68.4 cm³/mol. The highest BCUT2D eigenvalue weighted by Gasteiger charge is 2.26. The van der Waals surface area contributed by atoms with Crippen LogP contribution in [-0.4, -0.2) is 30.2 Å². The molecule has 0 amide bonds. The normalized spacial score (nSPS) is 15.6. The van der Waals surface area contributed by atoms with Gasteiger partial charge in [0.1, 0.15) is 0 Å². The smallest absolute Gasteiger partial charge is 0.303 e. The zero-order valence-electron chi connectivity index (χ0n) is 9.63. The van der Waals surface area contributed by atoms with Gasteiger partial charge in [0.25, 0.3) is 0 Å². The molecule has 0 aromatic carbocycles. The monoisotopic (exact) mass is 290 g/mol. The third-order valence-corrected chi connectivity index (χ3v) is 4.80. The number of sulfonamides is 1. The lowest BCUT2D eigenvalue weighted by atomic mass is 10.3. The number of anilines is 1. The zero-order chi connectivity index (χ0) is 13.2. The number of carbonyl (C=O) groups is 1. The van der Waals surface area contributed by atoms with Crippen molar-refractivity contribution in [3.63, 3.8) is 0 Å². The number of nitrogens with zero attached hydrogens (tertiary/aromatic N) is 1. The van der Waals surface area contributed by atoms with Crippen LogP contribution >= 0.6 is 11.3 Å². The fourth-order valence-corrected chi connectivity index (χ4v) is 3.64. The molecular formula is C10H14N2O4S2. The van der Waals surface area contributed by atoms with E-state index in [2.05, 4.69) is 9.71 Å². The van der Waals surface area contributed by atoms with Gasteiger partial charge in [0.2, 0.25) is 10.0 Å². The molecule has 0 atom stereocenters. The van der Waals surface area contributed by atoms with Crippen LogP contribution in [0.3, 0.4) is 0 Å². The van der Waals surface area contributed by atoms with Crippen LogP contribution in [0.25, 0.3) is 0 Å². The molecule has 0 radical (unpaired) electrons. The zero-order valence-corrected chi connectivity index (χ0v) is 11.3. The van der Waals surface area contributed by atoms with Crippen molar-refractivity contribution in [1.82, 2.24) is 4.98 Å².